The molecule has 0 saturated carbocycles. The molecule has 128 valence electrons. The molecule has 7 heteroatoms. The van der Waals surface area contributed by atoms with Crippen LogP contribution in [0.1, 0.15) is 52.3 Å². The van der Waals surface area contributed by atoms with Crippen molar-refractivity contribution in [2.75, 3.05) is 32.5 Å². The molecule has 1 aromatic rings. The highest BCUT2D eigenvalue weighted by Gasteiger charge is 2.30. The molecule has 23 heavy (non-hydrogen) atoms. The lowest BCUT2D eigenvalue weighted by molar-refractivity contribution is -0.922. The van der Waals surface area contributed by atoms with Crippen molar-refractivity contribution in [1.29, 1.82) is 0 Å². The standard InChI is InChI=1S/C16H25N3O3S/c1-4-22-16(21)12-11(9-19-7-5-6-10(2)8-19)13(15(20)18-3)23-14(12)17/h10H,4-9,17H2,1-3H3,(H,18,20)/p+1/t10-/m0/s1. The zero-order chi connectivity index (χ0) is 17.0. The molecule has 1 amide bonds. The van der Waals surface area contributed by atoms with Crippen LogP contribution >= 0.6 is 11.3 Å². The summed E-state index contributed by atoms with van der Waals surface area (Å²) in [6.07, 6.45) is 2.41. The number of nitrogens with one attached hydrogen (secondary N) is 2. The second-order valence-corrected chi connectivity index (χ2v) is 7.13. The summed E-state index contributed by atoms with van der Waals surface area (Å²) < 4.78 is 5.13. The van der Waals surface area contributed by atoms with Crippen molar-refractivity contribution in [2.45, 2.75) is 33.2 Å². The molecule has 1 unspecified atom stereocenters. The number of nitrogen functional groups attached to an aromatic ring is 1. The Bertz CT molecular complexity index is 585. The van der Waals surface area contributed by atoms with Crippen molar-refractivity contribution in [3.63, 3.8) is 0 Å². The first kappa shape index (κ1) is 17.7. The van der Waals surface area contributed by atoms with Crippen LogP contribution in [-0.4, -0.2) is 38.6 Å². The lowest BCUT2D eigenvalue weighted by atomic mass is 9.99. The van der Waals surface area contributed by atoms with E-state index in [0.717, 1.165) is 18.7 Å². The highest BCUT2D eigenvalue weighted by molar-refractivity contribution is 7.18. The monoisotopic (exact) mass is 340 g/mol. The number of thiophene rings is 1. The van der Waals surface area contributed by atoms with Crippen LogP contribution in [0.25, 0.3) is 0 Å². The average Bonchev–Trinajstić information content (AvgIpc) is 2.83. The number of carbonyl (C=O) groups excluding carboxylic acids is 2. The molecule has 1 aliphatic rings. The zero-order valence-electron chi connectivity index (χ0n) is 14.0. The number of likely N-dealkylation sites (tertiary alicyclic amines) is 1. The smallest absolute Gasteiger partial charge is 0.341 e. The highest BCUT2D eigenvalue weighted by atomic mass is 32.1. The maximum Gasteiger partial charge on any atom is 0.341 e. The molecule has 1 aliphatic heterocycles. The van der Waals surface area contributed by atoms with E-state index in [4.69, 9.17) is 10.5 Å². The lowest BCUT2D eigenvalue weighted by Gasteiger charge is -2.28. The van der Waals surface area contributed by atoms with Crippen molar-refractivity contribution in [3.05, 3.63) is 16.0 Å². The molecule has 1 aromatic heterocycles. The number of quaternary nitrogens is 1. The fourth-order valence-corrected chi connectivity index (χ4v) is 4.21. The minimum absolute atomic E-state index is 0.197. The van der Waals surface area contributed by atoms with Crippen molar-refractivity contribution >= 4 is 28.2 Å². The van der Waals surface area contributed by atoms with Gasteiger partial charge in [0.15, 0.2) is 0 Å². The third-order valence-corrected chi connectivity index (χ3v) is 5.30. The van der Waals surface area contributed by atoms with Gasteiger partial charge in [-0.1, -0.05) is 6.92 Å². The van der Waals surface area contributed by atoms with Gasteiger partial charge in [-0.2, -0.15) is 0 Å². The molecule has 0 aliphatic carbocycles. The largest absolute Gasteiger partial charge is 0.462 e. The van der Waals surface area contributed by atoms with Crippen LogP contribution in [-0.2, 0) is 11.3 Å². The summed E-state index contributed by atoms with van der Waals surface area (Å²) in [5, 5.41) is 3.00. The molecule has 4 N–H and O–H groups in total. The van der Waals surface area contributed by atoms with Crippen LogP contribution in [0, 0.1) is 5.92 Å². The lowest BCUT2D eigenvalue weighted by Crippen LogP contribution is -3.12. The van der Waals surface area contributed by atoms with Gasteiger partial charge in [-0.3, -0.25) is 4.79 Å². The third kappa shape index (κ3) is 4.03. The van der Waals surface area contributed by atoms with Gasteiger partial charge in [0.05, 0.1) is 19.7 Å². The molecule has 0 radical (unpaired) electrons. The van der Waals surface area contributed by atoms with E-state index < -0.39 is 5.97 Å². The van der Waals surface area contributed by atoms with Crippen molar-refractivity contribution in [3.8, 4) is 0 Å². The summed E-state index contributed by atoms with van der Waals surface area (Å²) in [6.45, 7) is 7.02. The van der Waals surface area contributed by atoms with Gasteiger partial charge < -0.3 is 20.7 Å². The van der Waals surface area contributed by atoms with Gasteiger partial charge in [0, 0.05) is 18.5 Å². The van der Waals surface area contributed by atoms with E-state index in [1.54, 1.807) is 14.0 Å². The normalized spacial score (nSPS) is 21.0. The minimum atomic E-state index is -0.434. The summed E-state index contributed by atoms with van der Waals surface area (Å²) >= 11 is 1.17. The van der Waals surface area contributed by atoms with E-state index in [1.165, 1.54) is 29.1 Å². The Balaban J connectivity index is 2.36. The number of esters is 1. The molecule has 6 nitrogen and oxygen atoms in total. The molecule has 2 heterocycles. The van der Waals surface area contributed by atoms with Gasteiger partial charge in [-0.05, 0) is 19.8 Å². The molecular formula is C16H26N3O3S+. The number of carbonyl (C=O) groups is 2. The van der Waals surface area contributed by atoms with Gasteiger partial charge in [0.25, 0.3) is 5.91 Å². The van der Waals surface area contributed by atoms with Crippen LogP contribution in [0.3, 0.4) is 0 Å². The van der Waals surface area contributed by atoms with E-state index in [0.29, 0.717) is 27.9 Å². The molecule has 0 aromatic carbocycles. The van der Waals surface area contributed by atoms with Crippen LogP contribution in [0.2, 0.25) is 0 Å². The first-order valence-electron chi connectivity index (χ1n) is 8.11. The number of nitrogens with two attached hydrogens (primary N) is 1. The number of ether oxygens (including phenoxy) is 1. The highest BCUT2D eigenvalue weighted by Crippen LogP contribution is 2.31. The SMILES string of the molecule is CCOC(=O)c1c(N)sc(C(=O)NC)c1C[NH+]1CCC[C@H](C)C1. The van der Waals surface area contributed by atoms with Gasteiger partial charge in [0.1, 0.15) is 22.0 Å². The van der Waals surface area contributed by atoms with Gasteiger partial charge in [-0.25, -0.2) is 4.79 Å². The Kier molecular flexibility index (Phi) is 6.01. The van der Waals surface area contributed by atoms with E-state index in [-0.39, 0.29) is 12.5 Å². The molecule has 1 fully saturated rings. The summed E-state index contributed by atoms with van der Waals surface area (Å²) in [5.41, 5.74) is 7.13. The Hall–Kier alpha value is -1.60. The predicted octanol–water partition coefficient (Wildman–Crippen LogP) is 0.681. The Morgan fingerprint density at radius 3 is 2.83 bits per heavy atom. The van der Waals surface area contributed by atoms with Crippen LogP contribution in [0.4, 0.5) is 5.00 Å². The van der Waals surface area contributed by atoms with Gasteiger partial charge >= 0.3 is 5.97 Å². The van der Waals surface area contributed by atoms with Crippen molar-refractivity contribution in [1.82, 2.24) is 5.32 Å². The quantitative estimate of drug-likeness (QED) is 0.688. The van der Waals surface area contributed by atoms with Crippen LogP contribution in [0.5, 0.6) is 0 Å². The van der Waals surface area contributed by atoms with E-state index in [1.807, 2.05) is 0 Å². The van der Waals surface area contributed by atoms with Crippen molar-refractivity contribution < 1.29 is 19.2 Å². The van der Waals surface area contributed by atoms with E-state index >= 15 is 0 Å². The molecule has 0 spiro atoms. The number of hydrogen-bond donors (Lipinski definition) is 3. The maximum atomic E-state index is 12.3. The Labute approximate surface area is 141 Å². The first-order chi connectivity index (χ1) is 11.0. The van der Waals surface area contributed by atoms with Crippen molar-refractivity contribution in [2.24, 2.45) is 5.92 Å². The number of anilines is 1. The Morgan fingerprint density at radius 1 is 1.48 bits per heavy atom. The topological polar surface area (TPSA) is 85.9 Å². The summed E-state index contributed by atoms with van der Waals surface area (Å²) in [6, 6.07) is 0. The molecule has 2 atom stereocenters. The van der Waals surface area contributed by atoms with Gasteiger partial charge in [0.2, 0.25) is 0 Å². The van der Waals surface area contributed by atoms with Crippen LogP contribution in [0.15, 0.2) is 0 Å². The second kappa shape index (κ2) is 7.79. The third-order valence-electron chi connectivity index (χ3n) is 4.24. The number of piperidine rings is 1. The van der Waals surface area contributed by atoms with Crippen LogP contribution < -0.4 is 16.0 Å². The molecular weight excluding hydrogens is 314 g/mol. The number of amides is 1. The first-order valence-corrected chi connectivity index (χ1v) is 8.93. The second-order valence-electron chi connectivity index (χ2n) is 6.08. The Morgan fingerprint density at radius 2 is 2.22 bits per heavy atom. The average molecular weight is 340 g/mol. The number of hydrogen-bond acceptors (Lipinski definition) is 5. The summed E-state index contributed by atoms with van der Waals surface area (Å²) in [5.74, 6) is 0.0248. The van der Waals surface area contributed by atoms with E-state index in [2.05, 4.69) is 12.2 Å². The zero-order valence-corrected chi connectivity index (χ0v) is 14.8. The summed E-state index contributed by atoms with van der Waals surface area (Å²) in [4.78, 5) is 26.4. The molecule has 2 rings (SSSR count). The van der Waals surface area contributed by atoms with E-state index in [9.17, 15) is 9.59 Å². The minimum Gasteiger partial charge on any atom is -0.462 e. The fraction of sp³-hybridized carbons (Fsp3) is 0.625. The molecule has 0 bridgehead atoms. The number of rotatable bonds is 5. The summed E-state index contributed by atoms with van der Waals surface area (Å²) in [7, 11) is 1.59. The fourth-order valence-electron chi connectivity index (χ4n) is 3.19. The predicted molar refractivity (Wildman–Crippen MR) is 90.9 cm³/mol. The maximum absolute atomic E-state index is 12.3. The molecule has 1 saturated heterocycles. The van der Waals surface area contributed by atoms with Gasteiger partial charge in [-0.15, -0.1) is 11.3 Å².